The van der Waals surface area contributed by atoms with Gasteiger partial charge in [-0.3, -0.25) is 4.79 Å². The van der Waals surface area contributed by atoms with Crippen LogP contribution in [0.2, 0.25) is 0 Å². The predicted molar refractivity (Wildman–Crippen MR) is 48.2 cm³/mol. The van der Waals surface area contributed by atoms with E-state index in [4.69, 9.17) is 10.2 Å². The zero-order valence-corrected chi connectivity index (χ0v) is 8.06. The lowest BCUT2D eigenvalue weighted by atomic mass is 10.2. The molecule has 0 radical (unpaired) electrons. The van der Waals surface area contributed by atoms with E-state index in [0.717, 1.165) is 0 Å². The number of carbonyl (C=O) groups is 2. The van der Waals surface area contributed by atoms with Crippen molar-refractivity contribution in [1.82, 2.24) is 0 Å². The zero-order valence-electron chi connectivity index (χ0n) is 8.06. The Balaban J connectivity index is 4.10. The van der Waals surface area contributed by atoms with Crippen LogP contribution in [-0.2, 0) is 14.4 Å². The number of rotatable bonds is 6. The maximum absolute atomic E-state index is 10.5. The third-order valence-corrected chi connectivity index (χ3v) is 1.26. The van der Waals surface area contributed by atoms with Crippen LogP contribution >= 0.6 is 0 Å². The van der Waals surface area contributed by atoms with E-state index in [1.54, 1.807) is 13.8 Å². The van der Waals surface area contributed by atoms with Gasteiger partial charge in [0.25, 0.3) is 0 Å². The Morgan fingerprint density at radius 3 is 2.29 bits per heavy atom. The fourth-order valence-electron chi connectivity index (χ4n) is 0.645. The number of hydrogen-bond acceptors (Lipinski definition) is 4. The lowest BCUT2D eigenvalue weighted by Gasteiger charge is -2.08. The van der Waals surface area contributed by atoms with Gasteiger partial charge in [0.05, 0.1) is 5.71 Å². The molecule has 0 spiro atoms. The first-order chi connectivity index (χ1) is 6.43. The minimum Gasteiger partial charge on any atom is -0.481 e. The Hall–Kier alpha value is -1.59. The van der Waals surface area contributed by atoms with Crippen LogP contribution in [0.25, 0.3) is 0 Å². The van der Waals surface area contributed by atoms with Crippen molar-refractivity contribution in [1.29, 1.82) is 0 Å². The molecule has 0 aliphatic carbocycles. The summed E-state index contributed by atoms with van der Waals surface area (Å²) in [5.74, 6) is -2.27. The molecule has 0 aliphatic heterocycles. The Morgan fingerprint density at radius 2 is 1.93 bits per heavy atom. The summed E-state index contributed by atoms with van der Waals surface area (Å²) in [4.78, 5) is 25.4. The van der Waals surface area contributed by atoms with Gasteiger partial charge in [-0.1, -0.05) is 5.16 Å². The van der Waals surface area contributed by atoms with Gasteiger partial charge < -0.3 is 15.1 Å². The summed E-state index contributed by atoms with van der Waals surface area (Å²) >= 11 is 0. The molecule has 0 rings (SSSR count). The fraction of sp³-hybridized carbons (Fsp3) is 0.625. The number of carboxylic acids is 2. The van der Waals surface area contributed by atoms with Crippen molar-refractivity contribution < 1.29 is 24.6 Å². The topological polar surface area (TPSA) is 96.2 Å². The quantitative estimate of drug-likeness (QED) is 0.489. The maximum Gasteiger partial charge on any atom is 0.347 e. The average Bonchev–Trinajstić information content (AvgIpc) is 2.02. The monoisotopic (exact) mass is 203 g/mol. The highest BCUT2D eigenvalue weighted by molar-refractivity contribution is 5.79. The lowest BCUT2D eigenvalue weighted by Crippen LogP contribution is -2.23. The normalized spacial score (nSPS) is 11.6. The summed E-state index contributed by atoms with van der Waals surface area (Å²) in [6.45, 7) is 3.30. The molecule has 0 aromatic heterocycles. The van der Waals surface area contributed by atoms with Gasteiger partial charge >= 0.3 is 11.9 Å². The molecule has 1 unspecified atom stereocenters. The smallest absolute Gasteiger partial charge is 0.347 e. The highest BCUT2D eigenvalue weighted by Crippen LogP contribution is 2.03. The second-order valence-electron chi connectivity index (χ2n) is 2.90. The van der Waals surface area contributed by atoms with Crippen molar-refractivity contribution in [3.05, 3.63) is 0 Å². The summed E-state index contributed by atoms with van der Waals surface area (Å²) in [5, 5.41) is 20.4. The van der Waals surface area contributed by atoms with Gasteiger partial charge in [0.1, 0.15) is 0 Å². The Kier molecular flexibility index (Phi) is 5.28. The molecule has 2 N–H and O–H groups in total. The minimum atomic E-state index is -1.21. The highest BCUT2D eigenvalue weighted by atomic mass is 16.6. The van der Waals surface area contributed by atoms with Crippen LogP contribution < -0.4 is 0 Å². The van der Waals surface area contributed by atoms with E-state index in [1.165, 1.54) is 0 Å². The molecule has 0 aliphatic rings. The Labute approximate surface area is 81.2 Å². The predicted octanol–water partition coefficient (Wildman–Crippen LogP) is 0.717. The van der Waals surface area contributed by atoms with E-state index >= 15 is 0 Å². The second-order valence-corrected chi connectivity index (χ2v) is 2.90. The molecule has 0 fully saturated rings. The summed E-state index contributed by atoms with van der Waals surface area (Å²) in [6, 6.07) is 0. The van der Waals surface area contributed by atoms with Crippen LogP contribution in [0.4, 0.5) is 0 Å². The number of aliphatic carboxylic acids is 2. The molecular formula is C8H13NO5. The molecule has 0 saturated heterocycles. The summed E-state index contributed by atoms with van der Waals surface area (Å²) in [5.41, 5.74) is 0.576. The van der Waals surface area contributed by atoms with Crippen LogP contribution in [0.3, 0.4) is 0 Å². The van der Waals surface area contributed by atoms with E-state index in [0.29, 0.717) is 5.71 Å². The Morgan fingerprint density at radius 1 is 1.36 bits per heavy atom. The molecule has 0 bridgehead atoms. The first-order valence-corrected chi connectivity index (χ1v) is 4.05. The van der Waals surface area contributed by atoms with Gasteiger partial charge in [0.2, 0.25) is 6.10 Å². The fourth-order valence-corrected chi connectivity index (χ4v) is 0.645. The molecule has 0 heterocycles. The largest absolute Gasteiger partial charge is 0.481 e. The molecule has 0 amide bonds. The van der Waals surface area contributed by atoms with Gasteiger partial charge in [0.15, 0.2) is 0 Å². The van der Waals surface area contributed by atoms with Crippen molar-refractivity contribution in [3.63, 3.8) is 0 Å². The van der Waals surface area contributed by atoms with Crippen molar-refractivity contribution in [3.8, 4) is 0 Å². The molecule has 0 aromatic carbocycles. The van der Waals surface area contributed by atoms with Crippen molar-refractivity contribution in [2.24, 2.45) is 5.16 Å². The third-order valence-electron chi connectivity index (χ3n) is 1.26. The van der Waals surface area contributed by atoms with Gasteiger partial charge in [0, 0.05) is 12.8 Å². The maximum atomic E-state index is 10.5. The second kappa shape index (κ2) is 5.95. The molecular weight excluding hydrogens is 190 g/mol. The summed E-state index contributed by atoms with van der Waals surface area (Å²) in [6.07, 6.45) is -1.54. The van der Waals surface area contributed by atoms with Gasteiger partial charge in [-0.05, 0) is 13.8 Å². The summed E-state index contributed by atoms with van der Waals surface area (Å²) in [7, 11) is 0. The SMILES string of the molecule is CC(C)=NOC(CCC(=O)O)C(=O)O. The van der Waals surface area contributed by atoms with Crippen LogP contribution in [0, 0.1) is 0 Å². The van der Waals surface area contributed by atoms with Crippen molar-refractivity contribution >= 4 is 17.7 Å². The average molecular weight is 203 g/mol. The molecule has 1 atom stereocenters. The zero-order chi connectivity index (χ0) is 11.1. The number of carboxylic acid groups (broad SMARTS) is 2. The first-order valence-electron chi connectivity index (χ1n) is 4.05. The van der Waals surface area contributed by atoms with Crippen molar-refractivity contribution in [2.45, 2.75) is 32.8 Å². The van der Waals surface area contributed by atoms with E-state index < -0.39 is 18.0 Å². The van der Waals surface area contributed by atoms with Crippen LogP contribution in [0.15, 0.2) is 5.16 Å². The number of oxime groups is 1. The van der Waals surface area contributed by atoms with Crippen LogP contribution in [-0.4, -0.2) is 34.0 Å². The van der Waals surface area contributed by atoms with Crippen molar-refractivity contribution in [2.75, 3.05) is 0 Å². The van der Waals surface area contributed by atoms with E-state index in [9.17, 15) is 9.59 Å². The summed E-state index contributed by atoms with van der Waals surface area (Å²) < 4.78 is 0. The Bertz CT molecular complexity index is 244. The molecule has 0 saturated carbocycles. The third kappa shape index (κ3) is 5.99. The van der Waals surface area contributed by atoms with Crippen LogP contribution in [0.5, 0.6) is 0 Å². The van der Waals surface area contributed by atoms with Gasteiger partial charge in [-0.25, -0.2) is 4.79 Å². The van der Waals surface area contributed by atoms with E-state index in [1.807, 2.05) is 0 Å². The minimum absolute atomic E-state index is 0.0958. The molecule has 80 valence electrons. The number of hydrogen-bond donors (Lipinski definition) is 2. The molecule has 6 heteroatoms. The number of nitrogens with zero attached hydrogens (tertiary/aromatic N) is 1. The first kappa shape index (κ1) is 12.4. The van der Waals surface area contributed by atoms with Gasteiger partial charge in [-0.2, -0.15) is 0 Å². The highest BCUT2D eigenvalue weighted by Gasteiger charge is 2.20. The van der Waals surface area contributed by atoms with E-state index in [-0.39, 0.29) is 12.8 Å². The van der Waals surface area contributed by atoms with E-state index in [2.05, 4.69) is 9.99 Å². The lowest BCUT2D eigenvalue weighted by molar-refractivity contribution is -0.151. The van der Waals surface area contributed by atoms with Gasteiger partial charge in [-0.15, -0.1) is 0 Å². The molecule has 6 nitrogen and oxygen atoms in total. The molecule has 0 aromatic rings. The standard InChI is InChI=1S/C8H13NO5/c1-5(2)9-14-6(8(12)13)3-4-7(10)11/h6H,3-4H2,1-2H3,(H,10,11)(H,12,13). The van der Waals surface area contributed by atoms with Crippen LogP contribution in [0.1, 0.15) is 26.7 Å². The molecule has 14 heavy (non-hydrogen) atoms.